The number of ether oxygens (including phenoxy) is 1. The van der Waals surface area contributed by atoms with Gasteiger partial charge in [-0.1, -0.05) is 0 Å². The standard InChI is InChI=1S/C6H15N3O4S/c1-3-13-6(10)8-14(11,12)9(2)5-4-7/h3-5,7H2,1-2H3,(H,8,10). The highest BCUT2D eigenvalue weighted by Crippen LogP contribution is 1.92. The lowest BCUT2D eigenvalue weighted by molar-refractivity contribution is 0.158. The zero-order chi connectivity index (χ0) is 11.2. The van der Waals surface area contributed by atoms with Gasteiger partial charge in [-0.05, 0) is 6.92 Å². The van der Waals surface area contributed by atoms with Gasteiger partial charge in [-0.15, -0.1) is 0 Å². The first kappa shape index (κ1) is 13.1. The molecule has 0 aliphatic heterocycles. The van der Waals surface area contributed by atoms with Crippen LogP contribution in [0, 0.1) is 0 Å². The minimum Gasteiger partial charge on any atom is -0.449 e. The molecule has 0 bridgehead atoms. The Morgan fingerprint density at radius 3 is 2.57 bits per heavy atom. The number of nitrogens with zero attached hydrogens (tertiary/aromatic N) is 1. The highest BCUT2D eigenvalue weighted by atomic mass is 32.2. The number of likely N-dealkylation sites (N-methyl/N-ethyl adjacent to an activating group) is 1. The van der Waals surface area contributed by atoms with Crippen LogP contribution in [0.25, 0.3) is 0 Å². The van der Waals surface area contributed by atoms with Gasteiger partial charge < -0.3 is 10.5 Å². The molecule has 0 heterocycles. The smallest absolute Gasteiger partial charge is 0.421 e. The Morgan fingerprint density at radius 2 is 2.14 bits per heavy atom. The maximum Gasteiger partial charge on any atom is 0.421 e. The number of amides is 1. The Kier molecular flexibility index (Phi) is 5.43. The van der Waals surface area contributed by atoms with E-state index >= 15 is 0 Å². The molecule has 0 spiro atoms. The first-order valence-electron chi connectivity index (χ1n) is 4.05. The van der Waals surface area contributed by atoms with E-state index in [4.69, 9.17) is 5.73 Å². The van der Waals surface area contributed by atoms with Crippen molar-refractivity contribution in [2.45, 2.75) is 6.92 Å². The van der Waals surface area contributed by atoms with E-state index in [9.17, 15) is 13.2 Å². The van der Waals surface area contributed by atoms with Crippen LogP contribution in [0.15, 0.2) is 0 Å². The minimum absolute atomic E-state index is 0.113. The van der Waals surface area contributed by atoms with Crippen LogP contribution in [-0.4, -0.2) is 45.6 Å². The van der Waals surface area contributed by atoms with Crippen LogP contribution in [0.1, 0.15) is 6.92 Å². The lowest BCUT2D eigenvalue weighted by atomic mass is 10.7. The fraction of sp³-hybridized carbons (Fsp3) is 0.833. The van der Waals surface area contributed by atoms with Crippen LogP contribution < -0.4 is 10.5 Å². The van der Waals surface area contributed by atoms with Crippen molar-refractivity contribution in [1.82, 2.24) is 9.03 Å². The molecule has 0 saturated heterocycles. The van der Waals surface area contributed by atoms with E-state index in [0.29, 0.717) is 0 Å². The van der Waals surface area contributed by atoms with Gasteiger partial charge in [0.05, 0.1) is 6.61 Å². The van der Waals surface area contributed by atoms with Crippen molar-refractivity contribution >= 4 is 16.3 Å². The van der Waals surface area contributed by atoms with Gasteiger partial charge in [0.2, 0.25) is 0 Å². The quantitative estimate of drug-likeness (QED) is 0.616. The van der Waals surface area contributed by atoms with Crippen molar-refractivity contribution in [3.8, 4) is 0 Å². The van der Waals surface area contributed by atoms with E-state index in [1.807, 2.05) is 0 Å². The number of hydrogen-bond acceptors (Lipinski definition) is 5. The molecule has 1 amide bonds. The van der Waals surface area contributed by atoms with Gasteiger partial charge in [-0.25, -0.2) is 9.52 Å². The predicted octanol–water partition coefficient (Wildman–Crippen LogP) is -1.13. The van der Waals surface area contributed by atoms with Crippen molar-refractivity contribution in [2.75, 3.05) is 26.7 Å². The monoisotopic (exact) mass is 225 g/mol. The molecule has 0 atom stereocenters. The van der Waals surface area contributed by atoms with Crippen LogP contribution in [0.4, 0.5) is 4.79 Å². The summed E-state index contributed by atoms with van der Waals surface area (Å²) in [6, 6.07) is 0. The molecule has 0 rings (SSSR count). The van der Waals surface area contributed by atoms with E-state index in [-0.39, 0.29) is 19.7 Å². The first-order chi connectivity index (χ1) is 6.44. The van der Waals surface area contributed by atoms with Gasteiger partial charge in [0.25, 0.3) is 0 Å². The number of nitrogens with two attached hydrogens (primary N) is 1. The van der Waals surface area contributed by atoms with Gasteiger partial charge >= 0.3 is 16.3 Å². The molecule has 0 aromatic heterocycles. The zero-order valence-corrected chi connectivity index (χ0v) is 9.00. The summed E-state index contributed by atoms with van der Waals surface area (Å²) < 4.78 is 29.6. The van der Waals surface area contributed by atoms with Crippen LogP contribution in [0.3, 0.4) is 0 Å². The molecule has 0 aliphatic rings. The molecule has 0 unspecified atom stereocenters. The van der Waals surface area contributed by atoms with E-state index in [1.54, 1.807) is 11.6 Å². The Morgan fingerprint density at radius 1 is 1.57 bits per heavy atom. The summed E-state index contributed by atoms with van der Waals surface area (Å²) in [4.78, 5) is 10.8. The molecule has 0 aliphatic carbocycles. The van der Waals surface area contributed by atoms with E-state index in [2.05, 4.69) is 4.74 Å². The summed E-state index contributed by atoms with van der Waals surface area (Å²) in [7, 11) is -2.50. The second-order valence-electron chi connectivity index (χ2n) is 2.44. The van der Waals surface area contributed by atoms with Crippen LogP contribution in [-0.2, 0) is 14.9 Å². The van der Waals surface area contributed by atoms with E-state index in [0.717, 1.165) is 4.31 Å². The predicted molar refractivity (Wildman–Crippen MR) is 50.8 cm³/mol. The molecule has 8 heteroatoms. The second-order valence-corrected chi connectivity index (χ2v) is 4.22. The highest BCUT2D eigenvalue weighted by Gasteiger charge is 2.19. The third-order valence-electron chi connectivity index (χ3n) is 1.34. The first-order valence-corrected chi connectivity index (χ1v) is 5.49. The number of carbonyl (C=O) groups excluding carboxylic acids is 1. The highest BCUT2D eigenvalue weighted by molar-refractivity contribution is 7.87. The zero-order valence-electron chi connectivity index (χ0n) is 8.19. The van der Waals surface area contributed by atoms with Crippen molar-refractivity contribution in [3.05, 3.63) is 0 Å². The Labute approximate surface area is 83.4 Å². The number of carbonyl (C=O) groups is 1. The number of rotatable bonds is 5. The lowest BCUT2D eigenvalue weighted by Gasteiger charge is -2.15. The summed E-state index contributed by atoms with van der Waals surface area (Å²) in [6.07, 6.45) is -0.989. The molecule has 0 radical (unpaired) electrons. The average molecular weight is 225 g/mol. The summed E-state index contributed by atoms with van der Waals surface area (Å²) in [5, 5.41) is 0. The van der Waals surface area contributed by atoms with Crippen LogP contribution in [0.2, 0.25) is 0 Å². The maximum atomic E-state index is 11.3. The molecule has 84 valence electrons. The SMILES string of the molecule is CCOC(=O)NS(=O)(=O)N(C)CCN. The van der Waals surface area contributed by atoms with Gasteiger partial charge in [0, 0.05) is 20.1 Å². The number of hydrogen-bond donors (Lipinski definition) is 2. The summed E-state index contributed by atoms with van der Waals surface area (Å²) in [6.45, 7) is 2.01. The Balaban J connectivity index is 4.27. The average Bonchev–Trinajstić information content (AvgIpc) is 2.03. The maximum absolute atomic E-state index is 11.3. The van der Waals surface area contributed by atoms with Gasteiger partial charge in [0.1, 0.15) is 0 Å². The largest absolute Gasteiger partial charge is 0.449 e. The van der Waals surface area contributed by atoms with Gasteiger partial charge in [-0.3, -0.25) is 0 Å². The normalized spacial score (nSPS) is 11.4. The van der Waals surface area contributed by atoms with Crippen molar-refractivity contribution in [2.24, 2.45) is 5.73 Å². The third kappa shape index (κ3) is 4.40. The van der Waals surface area contributed by atoms with Crippen molar-refractivity contribution in [1.29, 1.82) is 0 Å². The summed E-state index contributed by atoms with van der Waals surface area (Å²) in [5.74, 6) is 0. The molecule has 0 aromatic carbocycles. The number of nitrogens with one attached hydrogen (secondary N) is 1. The third-order valence-corrected chi connectivity index (χ3v) is 2.77. The molecule has 0 saturated carbocycles. The van der Waals surface area contributed by atoms with Gasteiger partial charge in [-0.2, -0.15) is 12.7 Å². The summed E-state index contributed by atoms with van der Waals surface area (Å²) in [5.41, 5.74) is 5.17. The fourth-order valence-electron chi connectivity index (χ4n) is 0.646. The minimum atomic E-state index is -3.82. The van der Waals surface area contributed by atoms with Crippen molar-refractivity contribution in [3.63, 3.8) is 0 Å². The molecular weight excluding hydrogens is 210 g/mol. The molecule has 3 N–H and O–H groups in total. The van der Waals surface area contributed by atoms with Crippen LogP contribution >= 0.6 is 0 Å². The Hall–Kier alpha value is -0.860. The molecule has 14 heavy (non-hydrogen) atoms. The van der Waals surface area contributed by atoms with Crippen molar-refractivity contribution < 1.29 is 17.9 Å². The lowest BCUT2D eigenvalue weighted by Crippen LogP contribution is -2.43. The summed E-state index contributed by atoms with van der Waals surface area (Å²) >= 11 is 0. The molecule has 0 fully saturated rings. The topological polar surface area (TPSA) is 102 Å². The molecule has 7 nitrogen and oxygen atoms in total. The van der Waals surface area contributed by atoms with Crippen LogP contribution in [0.5, 0.6) is 0 Å². The fourth-order valence-corrected chi connectivity index (χ4v) is 1.42. The van der Waals surface area contributed by atoms with E-state index < -0.39 is 16.3 Å². The Bertz CT molecular complexity index is 277. The second kappa shape index (κ2) is 5.78. The van der Waals surface area contributed by atoms with E-state index in [1.165, 1.54) is 7.05 Å². The molecule has 0 aromatic rings. The molecular formula is C6H15N3O4S. The van der Waals surface area contributed by atoms with Gasteiger partial charge in [0.15, 0.2) is 0 Å².